The van der Waals surface area contributed by atoms with Crippen LogP contribution < -0.4 is 5.32 Å². The van der Waals surface area contributed by atoms with Crippen LogP contribution in [0.1, 0.15) is 39.6 Å². The first kappa shape index (κ1) is 20.5. The number of thiophene rings is 1. The van der Waals surface area contributed by atoms with Gasteiger partial charge in [0.05, 0.1) is 4.88 Å². The van der Waals surface area contributed by atoms with Crippen LogP contribution in [0.5, 0.6) is 0 Å². The third-order valence-electron chi connectivity index (χ3n) is 6.23. The van der Waals surface area contributed by atoms with Gasteiger partial charge in [0.1, 0.15) is 6.04 Å². The van der Waals surface area contributed by atoms with Crippen molar-refractivity contribution in [3.63, 3.8) is 0 Å². The molecular weight excluding hydrogens is 418 g/mol. The molecule has 0 spiro atoms. The highest BCUT2D eigenvalue weighted by atomic mass is 32.1. The van der Waals surface area contributed by atoms with E-state index in [1.807, 2.05) is 54.0 Å². The van der Waals surface area contributed by atoms with Crippen LogP contribution in [0.25, 0.3) is 10.9 Å². The monoisotopic (exact) mass is 443 g/mol. The molecule has 5 nitrogen and oxygen atoms in total. The Morgan fingerprint density at radius 1 is 1.06 bits per heavy atom. The molecule has 0 bridgehead atoms. The maximum Gasteiger partial charge on any atom is 0.264 e. The highest BCUT2D eigenvalue weighted by Gasteiger charge is 2.35. The molecule has 2 N–H and O–H groups in total. The molecule has 2 atom stereocenters. The number of hydrogen-bond acceptors (Lipinski definition) is 3. The van der Waals surface area contributed by atoms with Crippen LogP contribution in [-0.4, -0.2) is 40.8 Å². The lowest BCUT2D eigenvalue weighted by molar-refractivity contribution is -0.124. The average molecular weight is 444 g/mol. The maximum atomic E-state index is 13.2. The lowest BCUT2D eigenvalue weighted by Crippen LogP contribution is -2.46. The molecule has 162 valence electrons. The van der Waals surface area contributed by atoms with E-state index in [1.54, 1.807) is 4.90 Å². The Hall–Kier alpha value is -3.38. The molecule has 1 aliphatic heterocycles. The summed E-state index contributed by atoms with van der Waals surface area (Å²) in [4.78, 5) is 31.8. The predicted octanol–water partition coefficient (Wildman–Crippen LogP) is 4.78. The van der Waals surface area contributed by atoms with Crippen molar-refractivity contribution in [2.75, 3.05) is 13.1 Å². The van der Waals surface area contributed by atoms with Gasteiger partial charge in [-0.1, -0.05) is 54.6 Å². The highest BCUT2D eigenvalue weighted by molar-refractivity contribution is 7.12. The van der Waals surface area contributed by atoms with E-state index in [1.165, 1.54) is 11.3 Å². The molecule has 5 rings (SSSR count). The molecule has 0 aliphatic carbocycles. The SMILES string of the molecule is O=C(NC[C@H](c1ccccc1)c1c[nH]c2ccccc12)[C@@H]1CCCN1C(=O)c1cccs1. The molecule has 2 aromatic heterocycles. The lowest BCUT2D eigenvalue weighted by Gasteiger charge is -2.25. The van der Waals surface area contributed by atoms with Gasteiger partial charge in [-0.3, -0.25) is 9.59 Å². The topological polar surface area (TPSA) is 65.2 Å². The molecular formula is C26H25N3O2S. The number of rotatable bonds is 6. The van der Waals surface area contributed by atoms with E-state index in [9.17, 15) is 9.59 Å². The quantitative estimate of drug-likeness (QED) is 0.450. The Kier molecular flexibility index (Phi) is 5.77. The van der Waals surface area contributed by atoms with Crippen LogP contribution in [0.3, 0.4) is 0 Å². The van der Waals surface area contributed by atoms with Crippen molar-refractivity contribution in [2.45, 2.75) is 24.8 Å². The Balaban J connectivity index is 1.36. The molecule has 1 aliphatic rings. The number of nitrogens with zero attached hydrogens (tertiary/aromatic N) is 1. The van der Waals surface area contributed by atoms with Gasteiger partial charge in [-0.25, -0.2) is 0 Å². The van der Waals surface area contributed by atoms with Gasteiger partial charge >= 0.3 is 0 Å². The van der Waals surface area contributed by atoms with Crippen molar-refractivity contribution in [2.24, 2.45) is 0 Å². The average Bonchev–Trinajstić information content (AvgIpc) is 3.60. The van der Waals surface area contributed by atoms with E-state index in [-0.39, 0.29) is 17.7 Å². The van der Waals surface area contributed by atoms with Gasteiger partial charge in [0.15, 0.2) is 0 Å². The number of hydrogen-bond donors (Lipinski definition) is 2. The van der Waals surface area contributed by atoms with Crippen molar-refractivity contribution in [3.8, 4) is 0 Å². The molecule has 2 aromatic carbocycles. The van der Waals surface area contributed by atoms with E-state index in [4.69, 9.17) is 0 Å². The summed E-state index contributed by atoms with van der Waals surface area (Å²) in [5, 5.41) is 6.21. The van der Waals surface area contributed by atoms with Crippen LogP contribution in [0.2, 0.25) is 0 Å². The number of aromatic amines is 1. The largest absolute Gasteiger partial charge is 0.361 e. The number of amides is 2. The number of nitrogens with one attached hydrogen (secondary N) is 2. The fourth-order valence-electron chi connectivity index (χ4n) is 4.62. The van der Waals surface area contributed by atoms with Crippen LogP contribution in [0.4, 0.5) is 0 Å². The molecule has 0 saturated carbocycles. The number of H-pyrrole nitrogens is 1. The van der Waals surface area contributed by atoms with Crippen molar-refractivity contribution in [3.05, 3.63) is 94.3 Å². The third kappa shape index (κ3) is 3.94. The van der Waals surface area contributed by atoms with Crippen LogP contribution in [0.15, 0.2) is 78.3 Å². The van der Waals surface area contributed by atoms with Crippen molar-refractivity contribution < 1.29 is 9.59 Å². The van der Waals surface area contributed by atoms with Gasteiger partial charge in [-0.15, -0.1) is 11.3 Å². The number of carbonyl (C=O) groups excluding carboxylic acids is 2. The van der Waals surface area contributed by atoms with E-state index in [0.717, 1.165) is 28.5 Å². The predicted molar refractivity (Wildman–Crippen MR) is 128 cm³/mol. The molecule has 1 fully saturated rings. The first-order valence-corrected chi connectivity index (χ1v) is 11.8. The molecule has 1 saturated heterocycles. The van der Waals surface area contributed by atoms with E-state index in [0.29, 0.717) is 24.4 Å². The van der Waals surface area contributed by atoms with Gasteiger partial charge in [-0.05, 0) is 41.5 Å². The molecule has 3 heterocycles. The number of benzene rings is 2. The zero-order valence-electron chi connectivity index (χ0n) is 17.7. The van der Waals surface area contributed by atoms with Crippen LogP contribution >= 0.6 is 11.3 Å². The number of likely N-dealkylation sites (tertiary alicyclic amines) is 1. The van der Waals surface area contributed by atoms with Crippen molar-refractivity contribution >= 4 is 34.1 Å². The summed E-state index contributed by atoms with van der Waals surface area (Å²) < 4.78 is 0. The summed E-state index contributed by atoms with van der Waals surface area (Å²) in [6, 6.07) is 21.7. The summed E-state index contributed by atoms with van der Waals surface area (Å²) in [5.74, 6) is -0.110. The van der Waals surface area contributed by atoms with Gasteiger partial charge in [0.25, 0.3) is 5.91 Å². The fourth-order valence-corrected chi connectivity index (χ4v) is 5.30. The fraction of sp³-hybridized carbons (Fsp3) is 0.231. The second kappa shape index (κ2) is 9.01. The first-order chi connectivity index (χ1) is 15.7. The molecule has 32 heavy (non-hydrogen) atoms. The van der Waals surface area contributed by atoms with E-state index >= 15 is 0 Å². The van der Waals surface area contributed by atoms with Gasteiger partial charge in [0, 0.05) is 36.1 Å². The minimum absolute atomic E-state index is 0.0131. The second-order valence-corrected chi connectivity index (χ2v) is 9.08. The first-order valence-electron chi connectivity index (χ1n) is 11.0. The molecule has 2 amide bonds. The zero-order chi connectivity index (χ0) is 21.9. The maximum absolute atomic E-state index is 13.2. The van der Waals surface area contributed by atoms with E-state index in [2.05, 4.69) is 34.6 Å². The highest BCUT2D eigenvalue weighted by Crippen LogP contribution is 2.31. The second-order valence-electron chi connectivity index (χ2n) is 8.13. The number of para-hydroxylation sites is 1. The summed E-state index contributed by atoms with van der Waals surface area (Å²) in [6.07, 6.45) is 3.59. The van der Waals surface area contributed by atoms with Crippen molar-refractivity contribution in [1.82, 2.24) is 15.2 Å². The summed E-state index contributed by atoms with van der Waals surface area (Å²) in [5.41, 5.74) is 3.39. The number of aromatic nitrogens is 1. The molecule has 6 heteroatoms. The van der Waals surface area contributed by atoms with Gasteiger partial charge < -0.3 is 15.2 Å². The minimum Gasteiger partial charge on any atom is -0.361 e. The minimum atomic E-state index is -0.413. The third-order valence-corrected chi connectivity index (χ3v) is 7.09. The number of carbonyl (C=O) groups is 2. The smallest absolute Gasteiger partial charge is 0.264 e. The summed E-state index contributed by atoms with van der Waals surface area (Å²) in [7, 11) is 0. The summed E-state index contributed by atoms with van der Waals surface area (Å²) >= 11 is 1.42. The Morgan fingerprint density at radius 2 is 1.88 bits per heavy atom. The van der Waals surface area contributed by atoms with Crippen molar-refractivity contribution in [1.29, 1.82) is 0 Å². The normalized spacial score (nSPS) is 16.9. The van der Waals surface area contributed by atoms with Gasteiger partial charge in [-0.2, -0.15) is 0 Å². The number of fused-ring (bicyclic) bond motifs is 1. The van der Waals surface area contributed by atoms with Gasteiger partial charge in [0.2, 0.25) is 5.91 Å². The Bertz CT molecular complexity index is 1220. The lowest BCUT2D eigenvalue weighted by atomic mass is 9.91. The molecule has 0 unspecified atom stereocenters. The summed E-state index contributed by atoms with van der Waals surface area (Å²) in [6.45, 7) is 1.10. The van der Waals surface area contributed by atoms with Crippen LogP contribution in [0, 0.1) is 0 Å². The molecule has 0 radical (unpaired) electrons. The Morgan fingerprint density at radius 3 is 2.69 bits per heavy atom. The molecule has 4 aromatic rings. The standard InChI is InChI=1S/C26H25N3O2S/c30-25(23-12-6-14-29(23)26(31)24-13-7-15-32-24)28-16-20(18-8-2-1-3-9-18)21-17-27-22-11-5-4-10-19(21)22/h1-5,7-11,13,15,17,20,23,27H,6,12,14,16H2,(H,28,30)/t20-,23+/m1/s1. The zero-order valence-corrected chi connectivity index (χ0v) is 18.5. The Labute approximate surface area is 191 Å². The van der Waals surface area contributed by atoms with Crippen LogP contribution in [-0.2, 0) is 4.79 Å². The van der Waals surface area contributed by atoms with E-state index < -0.39 is 6.04 Å².